The third kappa shape index (κ3) is 3.52. The van der Waals surface area contributed by atoms with Gasteiger partial charge in [0.25, 0.3) is 0 Å². The Balaban J connectivity index is 1.61. The van der Waals surface area contributed by atoms with Crippen LogP contribution in [-0.4, -0.2) is 15.0 Å². The number of nitrogens with two attached hydrogens (primary N) is 1. The van der Waals surface area contributed by atoms with E-state index in [1.807, 2.05) is 30.5 Å². The van der Waals surface area contributed by atoms with E-state index in [4.69, 9.17) is 17.3 Å². The summed E-state index contributed by atoms with van der Waals surface area (Å²) >= 11 is 7.55. The Labute approximate surface area is 158 Å². The summed E-state index contributed by atoms with van der Waals surface area (Å²) in [5.74, 6) is 1.18. The van der Waals surface area contributed by atoms with Gasteiger partial charge in [0, 0.05) is 39.4 Å². The molecule has 0 atom stereocenters. The summed E-state index contributed by atoms with van der Waals surface area (Å²) in [5, 5.41) is 1.47. The van der Waals surface area contributed by atoms with Crippen LogP contribution in [0.5, 0.6) is 0 Å². The molecule has 0 spiro atoms. The van der Waals surface area contributed by atoms with Crippen molar-refractivity contribution in [2.45, 2.75) is 10.6 Å². The van der Waals surface area contributed by atoms with Gasteiger partial charge in [0.2, 0.25) is 0 Å². The van der Waals surface area contributed by atoms with Crippen LogP contribution < -0.4 is 5.73 Å². The van der Waals surface area contributed by atoms with Crippen LogP contribution in [-0.2, 0) is 5.75 Å². The molecular weight excluding hydrogens is 371 g/mol. The fraction of sp³-hybridized carbons (Fsp3) is 0.0526. The van der Waals surface area contributed by atoms with Gasteiger partial charge in [-0.25, -0.2) is 14.4 Å². The Bertz CT molecular complexity index is 1100. The SMILES string of the molecule is Nc1cc(CSc2ccc(F)cc2Cl)nc(-c2ccc3[nH]ccc3c2)n1. The van der Waals surface area contributed by atoms with E-state index in [2.05, 4.69) is 15.0 Å². The third-order valence-corrected chi connectivity index (χ3v) is 5.41. The number of fused-ring (bicyclic) bond motifs is 1. The monoisotopic (exact) mass is 384 g/mol. The number of anilines is 1. The first kappa shape index (κ1) is 16.9. The quantitative estimate of drug-likeness (QED) is 0.469. The molecule has 0 saturated carbocycles. The molecule has 3 N–H and O–H groups in total. The molecular formula is C19H14ClFN4S. The number of nitrogen functional groups attached to an aromatic ring is 1. The number of aromatic amines is 1. The molecule has 130 valence electrons. The van der Waals surface area contributed by atoms with E-state index in [9.17, 15) is 4.39 Å². The van der Waals surface area contributed by atoms with Gasteiger partial charge in [-0.1, -0.05) is 11.6 Å². The number of aromatic nitrogens is 3. The lowest BCUT2D eigenvalue weighted by Crippen LogP contribution is -1.99. The number of hydrogen-bond acceptors (Lipinski definition) is 4. The van der Waals surface area contributed by atoms with Gasteiger partial charge >= 0.3 is 0 Å². The van der Waals surface area contributed by atoms with E-state index in [-0.39, 0.29) is 5.82 Å². The van der Waals surface area contributed by atoms with Crippen LogP contribution in [0.1, 0.15) is 5.69 Å². The molecule has 4 rings (SSSR count). The molecule has 0 aliphatic carbocycles. The van der Waals surface area contributed by atoms with E-state index in [1.165, 1.54) is 23.9 Å². The van der Waals surface area contributed by atoms with Gasteiger partial charge in [-0.3, -0.25) is 0 Å². The Kier molecular flexibility index (Phi) is 4.53. The average Bonchev–Trinajstić information content (AvgIpc) is 3.08. The maximum atomic E-state index is 13.2. The zero-order valence-corrected chi connectivity index (χ0v) is 15.1. The summed E-state index contributed by atoms with van der Waals surface area (Å²) in [6.45, 7) is 0. The molecule has 26 heavy (non-hydrogen) atoms. The number of nitrogens with zero attached hydrogens (tertiary/aromatic N) is 2. The first-order valence-electron chi connectivity index (χ1n) is 7.87. The highest BCUT2D eigenvalue weighted by molar-refractivity contribution is 7.98. The van der Waals surface area contributed by atoms with Crippen LogP contribution in [0.3, 0.4) is 0 Å². The summed E-state index contributed by atoms with van der Waals surface area (Å²) in [7, 11) is 0. The van der Waals surface area contributed by atoms with Gasteiger partial charge in [-0.2, -0.15) is 0 Å². The summed E-state index contributed by atoms with van der Waals surface area (Å²) < 4.78 is 13.2. The molecule has 4 nitrogen and oxygen atoms in total. The molecule has 0 bridgehead atoms. The Morgan fingerprint density at radius 2 is 1.96 bits per heavy atom. The minimum atomic E-state index is -0.354. The topological polar surface area (TPSA) is 67.6 Å². The summed E-state index contributed by atoms with van der Waals surface area (Å²) in [4.78, 5) is 12.9. The van der Waals surface area contributed by atoms with Crippen LogP contribution in [0, 0.1) is 5.82 Å². The van der Waals surface area contributed by atoms with Gasteiger partial charge in [-0.15, -0.1) is 11.8 Å². The zero-order valence-electron chi connectivity index (χ0n) is 13.5. The van der Waals surface area contributed by atoms with Crippen LogP contribution in [0.2, 0.25) is 5.02 Å². The second-order valence-electron chi connectivity index (χ2n) is 5.75. The molecule has 2 heterocycles. The molecule has 0 amide bonds. The van der Waals surface area contributed by atoms with Crippen molar-refractivity contribution < 1.29 is 4.39 Å². The normalized spacial score (nSPS) is 11.2. The summed E-state index contributed by atoms with van der Waals surface area (Å²) in [5.41, 5.74) is 8.70. The molecule has 0 fully saturated rings. The third-order valence-electron chi connectivity index (χ3n) is 3.88. The highest BCUT2D eigenvalue weighted by Gasteiger charge is 2.09. The fourth-order valence-corrected chi connectivity index (χ4v) is 3.80. The fourth-order valence-electron chi connectivity index (χ4n) is 2.66. The van der Waals surface area contributed by atoms with Gasteiger partial charge in [0.15, 0.2) is 5.82 Å². The molecule has 0 radical (unpaired) electrons. The predicted molar refractivity (Wildman–Crippen MR) is 105 cm³/mol. The smallest absolute Gasteiger partial charge is 0.161 e. The van der Waals surface area contributed by atoms with E-state index in [0.29, 0.717) is 22.4 Å². The lowest BCUT2D eigenvalue weighted by molar-refractivity contribution is 0.626. The number of thioether (sulfide) groups is 1. The van der Waals surface area contributed by atoms with Crippen molar-refractivity contribution in [3.63, 3.8) is 0 Å². The van der Waals surface area contributed by atoms with E-state index in [1.54, 1.807) is 12.1 Å². The number of nitrogens with one attached hydrogen (secondary N) is 1. The number of benzene rings is 2. The van der Waals surface area contributed by atoms with Crippen molar-refractivity contribution in [2.24, 2.45) is 0 Å². The highest BCUT2D eigenvalue weighted by atomic mass is 35.5. The Morgan fingerprint density at radius 3 is 2.81 bits per heavy atom. The summed E-state index contributed by atoms with van der Waals surface area (Å²) in [6.07, 6.45) is 1.89. The lowest BCUT2D eigenvalue weighted by Gasteiger charge is -2.07. The molecule has 0 saturated heterocycles. The van der Waals surface area contributed by atoms with Crippen LogP contribution in [0.15, 0.2) is 59.6 Å². The van der Waals surface area contributed by atoms with Crippen molar-refractivity contribution in [3.05, 3.63) is 71.3 Å². The van der Waals surface area contributed by atoms with Gasteiger partial charge in [-0.05, 0) is 42.5 Å². The molecule has 0 aliphatic heterocycles. The largest absolute Gasteiger partial charge is 0.384 e. The van der Waals surface area contributed by atoms with Crippen molar-refractivity contribution in [2.75, 3.05) is 5.73 Å². The second-order valence-corrected chi connectivity index (χ2v) is 7.18. The molecule has 2 aromatic heterocycles. The molecule has 4 aromatic rings. The van der Waals surface area contributed by atoms with Crippen molar-refractivity contribution in [1.29, 1.82) is 0 Å². The molecule has 0 unspecified atom stereocenters. The minimum absolute atomic E-state index is 0.354. The molecule has 0 aliphatic rings. The van der Waals surface area contributed by atoms with Gasteiger partial charge in [0.1, 0.15) is 11.6 Å². The standard InChI is InChI=1S/C19H14ClFN4S/c20-15-8-13(21)2-4-17(15)26-10-14-9-18(22)25-19(24-14)12-1-3-16-11(7-12)5-6-23-16/h1-9,23H,10H2,(H2,22,24,25). The minimum Gasteiger partial charge on any atom is -0.384 e. The van der Waals surface area contributed by atoms with Crippen molar-refractivity contribution in [1.82, 2.24) is 15.0 Å². The first-order valence-corrected chi connectivity index (χ1v) is 9.24. The number of hydrogen-bond donors (Lipinski definition) is 2. The maximum absolute atomic E-state index is 13.2. The Morgan fingerprint density at radius 1 is 1.08 bits per heavy atom. The van der Waals surface area contributed by atoms with Crippen molar-refractivity contribution in [3.8, 4) is 11.4 Å². The number of rotatable bonds is 4. The van der Waals surface area contributed by atoms with Gasteiger partial charge in [0.05, 0.1) is 10.7 Å². The first-order chi connectivity index (χ1) is 12.6. The van der Waals surface area contributed by atoms with Crippen molar-refractivity contribution >= 4 is 40.1 Å². The van der Waals surface area contributed by atoms with E-state index < -0.39 is 0 Å². The lowest BCUT2D eigenvalue weighted by atomic mass is 10.1. The predicted octanol–water partition coefficient (Wildman–Crippen LogP) is 5.29. The Hall–Kier alpha value is -2.57. The van der Waals surface area contributed by atoms with Gasteiger partial charge < -0.3 is 10.7 Å². The average molecular weight is 385 g/mol. The molecule has 2 aromatic carbocycles. The molecule has 7 heteroatoms. The van der Waals surface area contributed by atoms with Crippen LogP contribution >= 0.6 is 23.4 Å². The van der Waals surface area contributed by atoms with Crippen LogP contribution in [0.4, 0.5) is 10.2 Å². The highest BCUT2D eigenvalue weighted by Crippen LogP contribution is 2.31. The summed E-state index contributed by atoms with van der Waals surface area (Å²) in [6, 6.07) is 14.1. The number of H-pyrrole nitrogens is 1. The number of halogens is 2. The van der Waals surface area contributed by atoms with Crippen LogP contribution in [0.25, 0.3) is 22.3 Å². The zero-order chi connectivity index (χ0) is 18.1. The maximum Gasteiger partial charge on any atom is 0.161 e. The van der Waals surface area contributed by atoms with E-state index in [0.717, 1.165) is 27.1 Å². The van der Waals surface area contributed by atoms with E-state index >= 15 is 0 Å². The second kappa shape index (κ2) is 6.97.